The third-order valence-electron chi connectivity index (χ3n) is 1.77. The Hall–Kier alpha value is -1.09. The normalized spacial score (nSPS) is 12.6. The van der Waals surface area contributed by atoms with E-state index in [0.29, 0.717) is 17.9 Å². The van der Waals surface area contributed by atoms with Crippen molar-refractivity contribution in [3.8, 4) is 5.75 Å². The molecule has 2 N–H and O–H groups in total. The van der Waals surface area contributed by atoms with Gasteiger partial charge in [-0.1, -0.05) is 0 Å². The zero-order valence-electron chi connectivity index (χ0n) is 7.88. The Morgan fingerprint density at radius 1 is 1.54 bits per heavy atom. The van der Waals surface area contributed by atoms with Crippen molar-refractivity contribution in [1.82, 2.24) is 0 Å². The smallest absolute Gasteiger partial charge is 0.128 e. The summed E-state index contributed by atoms with van der Waals surface area (Å²) in [6.07, 6.45) is 0. The van der Waals surface area contributed by atoms with Gasteiger partial charge >= 0.3 is 0 Å². The molecule has 0 aliphatic heterocycles. The molecule has 1 unspecified atom stereocenters. The highest BCUT2D eigenvalue weighted by Gasteiger charge is 2.07. The van der Waals surface area contributed by atoms with Gasteiger partial charge in [-0.25, -0.2) is 4.39 Å². The number of benzene rings is 1. The van der Waals surface area contributed by atoms with Gasteiger partial charge in [0.2, 0.25) is 0 Å². The highest BCUT2D eigenvalue weighted by Crippen LogP contribution is 2.20. The van der Waals surface area contributed by atoms with E-state index in [1.54, 1.807) is 19.1 Å². The summed E-state index contributed by atoms with van der Waals surface area (Å²) in [4.78, 5) is 0. The van der Waals surface area contributed by atoms with Gasteiger partial charge < -0.3 is 10.5 Å². The van der Waals surface area contributed by atoms with Gasteiger partial charge in [0.15, 0.2) is 0 Å². The number of rotatable bonds is 3. The fourth-order valence-electron chi connectivity index (χ4n) is 1.13. The summed E-state index contributed by atoms with van der Waals surface area (Å²) >= 11 is 0. The topological polar surface area (TPSA) is 35.2 Å². The van der Waals surface area contributed by atoms with Gasteiger partial charge in [0.25, 0.3) is 0 Å². The highest BCUT2D eigenvalue weighted by molar-refractivity contribution is 5.31. The maximum absolute atomic E-state index is 13.1. The van der Waals surface area contributed by atoms with Crippen molar-refractivity contribution in [2.75, 3.05) is 6.61 Å². The van der Waals surface area contributed by atoms with Crippen molar-refractivity contribution in [2.45, 2.75) is 19.9 Å². The molecule has 0 saturated heterocycles. The minimum absolute atomic E-state index is 0.279. The lowest BCUT2D eigenvalue weighted by Crippen LogP contribution is -2.07. The summed E-state index contributed by atoms with van der Waals surface area (Å²) in [5.41, 5.74) is 6.08. The predicted molar refractivity (Wildman–Crippen MR) is 50.2 cm³/mol. The van der Waals surface area contributed by atoms with E-state index in [2.05, 4.69) is 0 Å². The SMILES string of the molecule is CCOc1ccc(F)c(C(C)N)c1. The number of halogens is 1. The molecule has 2 nitrogen and oxygen atoms in total. The summed E-state index contributed by atoms with van der Waals surface area (Å²) in [6, 6.07) is 4.32. The van der Waals surface area contributed by atoms with Crippen molar-refractivity contribution < 1.29 is 9.13 Å². The van der Waals surface area contributed by atoms with Gasteiger partial charge in [-0.05, 0) is 32.0 Å². The zero-order chi connectivity index (χ0) is 9.84. The average molecular weight is 183 g/mol. The molecule has 13 heavy (non-hydrogen) atoms. The molecule has 1 aromatic rings. The van der Waals surface area contributed by atoms with Crippen molar-refractivity contribution in [1.29, 1.82) is 0 Å². The Balaban J connectivity index is 2.97. The monoisotopic (exact) mass is 183 g/mol. The Kier molecular flexibility index (Phi) is 3.25. The molecule has 0 spiro atoms. The molecule has 0 aliphatic carbocycles. The van der Waals surface area contributed by atoms with Gasteiger partial charge in [-0.15, -0.1) is 0 Å². The van der Waals surface area contributed by atoms with Crippen molar-refractivity contribution in [2.24, 2.45) is 5.73 Å². The number of ether oxygens (including phenoxy) is 1. The first-order valence-corrected chi connectivity index (χ1v) is 4.33. The van der Waals surface area contributed by atoms with Gasteiger partial charge in [0.1, 0.15) is 11.6 Å². The molecular formula is C10H14FNO. The number of hydrogen-bond donors (Lipinski definition) is 1. The fraction of sp³-hybridized carbons (Fsp3) is 0.400. The van der Waals surface area contributed by atoms with Crippen molar-refractivity contribution in [3.05, 3.63) is 29.6 Å². The largest absolute Gasteiger partial charge is 0.494 e. The lowest BCUT2D eigenvalue weighted by Gasteiger charge is -2.09. The molecule has 0 heterocycles. The van der Waals surface area contributed by atoms with Gasteiger partial charge in [-0.2, -0.15) is 0 Å². The first-order chi connectivity index (χ1) is 6.15. The Labute approximate surface area is 77.5 Å². The molecule has 72 valence electrons. The maximum Gasteiger partial charge on any atom is 0.128 e. The Bertz CT molecular complexity index is 286. The zero-order valence-corrected chi connectivity index (χ0v) is 7.88. The van der Waals surface area contributed by atoms with E-state index in [1.807, 2.05) is 6.92 Å². The standard InChI is InChI=1S/C10H14FNO/c1-3-13-8-4-5-10(11)9(6-8)7(2)12/h4-7H,3,12H2,1-2H3. The van der Waals surface area contributed by atoms with E-state index in [-0.39, 0.29) is 11.9 Å². The van der Waals surface area contributed by atoms with Crippen LogP contribution in [0.5, 0.6) is 5.75 Å². The Morgan fingerprint density at radius 2 is 2.23 bits per heavy atom. The average Bonchev–Trinajstić information content (AvgIpc) is 2.08. The van der Waals surface area contributed by atoms with Crippen LogP contribution >= 0.6 is 0 Å². The molecule has 0 radical (unpaired) electrons. The van der Waals surface area contributed by atoms with E-state index < -0.39 is 0 Å². The molecule has 1 atom stereocenters. The summed E-state index contributed by atoms with van der Waals surface area (Å²) in [6.45, 7) is 4.20. The molecule has 0 aromatic heterocycles. The van der Waals surface area contributed by atoms with Crippen molar-refractivity contribution >= 4 is 0 Å². The minimum Gasteiger partial charge on any atom is -0.494 e. The summed E-state index contributed by atoms with van der Waals surface area (Å²) in [7, 11) is 0. The maximum atomic E-state index is 13.1. The van der Waals surface area contributed by atoms with Crippen LogP contribution in [0, 0.1) is 5.82 Å². The second-order valence-corrected chi connectivity index (χ2v) is 2.91. The van der Waals surface area contributed by atoms with Crippen molar-refractivity contribution in [3.63, 3.8) is 0 Å². The van der Waals surface area contributed by atoms with Crippen LogP contribution < -0.4 is 10.5 Å². The molecule has 0 fully saturated rings. The quantitative estimate of drug-likeness (QED) is 0.780. The van der Waals surface area contributed by atoms with Crippen LogP contribution in [0.25, 0.3) is 0 Å². The first kappa shape index (κ1) is 9.99. The molecule has 3 heteroatoms. The molecule has 0 aliphatic rings. The molecular weight excluding hydrogens is 169 g/mol. The third-order valence-corrected chi connectivity index (χ3v) is 1.77. The van der Waals surface area contributed by atoms with Crippen LogP contribution in [0.2, 0.25) is 0 Å². The molecule has 0 saturated carbocycles. The summed E-state index contributed by atoms with van der Waals surface area (Å²) in [5, 5.41) is 0. The van der Waals surface area contributed by atoms with E-state index in [9.17, 15) is 4.39 Å². The second kappa shape index (κ2) is 4.23. The van der Waals surface area contributed by atoms with E-state index in [1.165, 1.54) is 6.07 Å². The molecule has 0 bridgehead atoms. The fourth-order valence-corrected chi connectivity index (χ4v) is 1.13. The Morgan fingerprint density at radius 3 is 2.77 bits per heavy atom. The van der Waals surface area contributed by atoms with Crippen LogP contribution in [0.4, 0.5) is 4.39 Å². The van der Waals surface area contributed by atoms with Crippen LogP contribution in [0.1, 0.15) is 25.5 Å². The predicted octanol–water partition coefficient (Wildman–Crippen LogP) is 2.24. The van der Waals surface area contributed by atoms with Gasteiger partial charge in [0.05, 0.1) is 6.61 Å². The lowest BCUT2D eigenvalue weighted by atomic mass is 10.1. The molecule has 1 rings (SSSR count). The van der Waals surface area contributed by atoms with Crippen LogP contribution in [-0.2, 0) is 0 Å². The molecule has 0 amide bonds. The van der Waals surface area contributed by atoms with E-state index in [4.69, 9.17) is 10.5 Å². The summed E-state index contributed by atoms with van der Waals surface area (Å²) in [5.74, 6) is 0.384. The lowest BCUT2D eigenvalue weighted by molar-refractivity contribution is 0.339. The third kappa shape index (κ3) is 2.42. The minimum atomic E-state index is -0.305. The van der Waals surface area contributed by atoms with Crippen LogP contribution in [0.15, 0.2) is 18.2 Å². The molecule has 1 aromatic carbocycles. The van der Waals surface area contributed by atoms with Gasteiger partial charge in [-0.3, -0.25) is 0 Å². The van der Waals surface area contributed by atoms with E-state index in [0.717, 1.165) is 0 Å². The summed E-state index contributed by atoms with van der Waals surface area (Å²) < 4.78 is 18.4. The highest BCUT2D eigenvalue weighted by atomic mass is 19.1. The van der Waals surface area contributed by atoms with Crippen LogP contribution in [-0.4, -0.2) is 6.61 Å². The van der Waals surface area contributed by atoms with Gasteiger partial charge in [0, 0.05) is 11.6 Å². The number of nitrogens with two attached hydrogens (primary N) is 1. The van der Waals surface area contributed by atoms with E-state index >= 15 is 0 Å². The second-order valence-electron chi connectivity index (χ2n) is 2.91. The van der Waals surface area contributed by atoms with Crippen LogP contribution in [0.3, 0.4) is 0 Å². The number of hydrogen-bond acceptors (Lipinski definition) is 2. The first-order valence-electron chi connectivity index (χ1n) is 4.33.